The topological polar surface area (TPSA) is 58.6 Å². The standard InChI is InChI=1S/C23H19ClN2O3S/c1-3-14-6-9-16(10-7-14)26-22(27)20(19-5-4-12-30-19)21(23(26)28)25-17-13-15(24)8-11-18(17)29-2/h4-13,25H,3H2,1-2H3. The molecule has 2 heterocycles. The van der Waals surface area contributed by atoms with E-state index in [0.717, 1.165) is 12.0 Å². The predicted molar refractivity (Wildman–Crippen MR) is 121 cm³/mol. The van der Waals surface area contributed by atoms with Gasteiger partial charge in [0.15, 0.2) is 0 Å². The molecule has 0 spiro atoms. The number of nitrogens with one attached hydrogen (secondary N) is 1. The molecule has 4 rings (SSSR count). The van der Waals surface area contributed by atoms with Crippen molar-refractivity contribution < 1.29 is 14.3 Å². The van der Waals surface area contributed by atoms with Crippen molar-refractivity contribution in [3.63, 3.8) is 0 Å². The van der Waals surface area contributed by atoms with Crippen molar-refractivity contribution in [1.29, 1.82) is 0 Å². The van der Waals surface area contributed by atoms with Crippen LogP contribution in [0.5, 0.6) is 5.75 Å². The number of carbonyl (C=O) groups excluding carboxylic acids is 2. The first-order valence-corrected chi connectivity index (χ1v) is 10.7. The number of benzene rings is 2. The van der Waals surface area contributed by atoms with Gasteiger partial charge in [-0.25, -0.2) is 4.90 Å². The number of ether oxygens (including phenoxy) is 1. The Morgan fingerprint density at radius 2 is 1.83 bits per heavy atom. The van der Waals surface area contributed by atoms with Crippen molar-refractivity contribution >= 4 is 51.7 Å². The van der Waals surface area contributed by atoms with Crippen molar-refractivity contribution in [3.8, 4) is 5.75 Å². The number of carbonyl (C=O) groups is 2. The number of thiophene rings is 1. The molecule has 30 heavy (non-hydrogen) atoms. The minimum Gasteiger partial charge on any atom is -0.495 e. The quantitative estimate of drug-likeness (QED) is 0.525. The molecule has 5 nitrogen and oxygen atoms in total. The number of amides is 2. The van der Waals surface area contributed by atoms with Crippen LogP contribution in [0.3, 0.4) is 0 Å². The average Bonchev–Trinajstić information content (AvgIpc) is 3.35. The summed E-state index contributed by atoms with van der Waals surface area (Å²) in [6.45, 7) is 2.05. The Morgan fingerprint density at radius 3 is 2.47 bits per heavy atom. The zero-order chi connectivity index (χ0) is 21.3. The summed E-state index contributed by atoms with van der Waals surface area (Å²) in [7, 11) is 1.53. The van der Waals surface area contributed by atoms with Crippen molar-refractivity contribution in [1.82, 2.24) is 0 Å². The highest BCUT2D eigenvalue weighted by Crippen LogP contribution is 2.37. The van der Waals surface area contributed by atoms with Crippen molar-refractivity contribution in [2.75, 3.05) is 17.3 Å². The van der Waals surface area contributed by atoms with Crippen molar-refractivity contribution in [3.05, 3.63) is 81.1 Å². The largest absolute Gasteiger partial charge is 0.495 e. The monoisotopic (exact) mass is 438 g/mol. The second kappa shape index (κ2) is 8.34. The van der Waals surface area contributed by atoms with E-state index in [1.54, 1.807) is 30.3 Å². The lowest BCUT2D eigenvalue weighted by molar-refractivity contribution is -0.120. The number of imide groups is 1. The maximum Gasteiger partial charge on any atom is 0.282 e. The average molecular weight is 439 g/mol. The Kier molecular flexibility index (Phi) is 5.61. The van der Waals surface area contributed by atoms with Gasteiger partial charge in [0.05, 0.1) is 24.1 Å². The van der Waals surface area contributed by atoms with Crippen molar-refractivity contribution in [2.24, 2.45) is 0 Å². The smallest absolute Gasteiger partial charge is 0.282 e. The van der Waals surface area contributed by atoms with Gasteiger partial charge in [-0.2, -0.15) is 0 Å². The Bertz CT molecular complexity index is 1140. The first-order chi connectivity index (χ1) is 14.5. The third kappa shape index (κ3) is 3.60. The van der Waals surface area contributed by atoms with E-state index in [1.807, 2.05) is 29.6 Å². The van der Waals surface area contributed by atoms with Crippen LogP contribution in [0.1, 0.15) is 17.4 Å². The molecule has 0 radical (unpaired) electrons. The number of nitrogens with zero attached hydrogens (tertiary/aromatic N) is 1. The second-order valence-electron chi connectivity index (χ2n) is 6.66. The number of methoxy groups -OCH3 is 1. The molecule has 0 aliphatic carbocycles. The molecule has 7 heteroatoms. The van der Waals surface area contributed by atoms with Gasteiger partial charge in [-0.05, 0) is 53.8 Å². The highest BCUT2D eigenvalue weighted by Gasteiger charge is 2.41. The Morgan fingerprint density at radius 1 is 1.07 bits per heavy atom. The molecule has 0 unspecified atom stereocenters. The predicted octanol–water partition coefficient (Wildman–Crippen LogP) is 5.37. The fourth-order valence-electron chi connectivity index (χ4n) is 3.32. The van der Waals surface area contributed by atoms with E-state index in [4.69, 9.17) is 16.3 Å². The molecule has 0 atom stereocenters. The van der Waals surface area contributed by atoms with Crippen LogP contribution in [0, 0.1) is 0 Å². The summed E-state index contributed by atoms with van der Waals surface area (Å²) in [5.74, 6) is -0.270. The third-order valence-electron chi connectivity index (χ3n) is 4.88. The van der Waals surface area contributed by atoms with Crippen LogP contribution in [0.2, 0.25) is 5.02 Å². The molecule has 2 amide bonds. The van der Waals surface area contributed by atoms with E-state index in [0.29, 0.717) is 32.6 Å². The maximum absolute atomic E-state index is 13.4. The summed E-state index contributed by atoms with van der Waals surface area (Å²) in [4.78, 5) is 28.6. The fraction of sp³-hybridized carbons (Fsp3) is 0.130. The molecule has 1 aromatic heterocycles. The lowest BCUT2D eigenvalue weighted by Crippen LogP contribution is -2.32. The van der Waals surface area contributed by atoms with Gasteiger partial charge >= 0.3 is 0 Å². The van der Waals surface area contributed by atoms with Gasteiger partial charge in [-0.1, -0.05) is 36.7 Å². The molecule has 1 aliphatic heterocycles. The molecule has 3 aromatic rings. The van der Waals surface area contributed by atoms with Gasteiger partial charge in [0, 0.05) is 9.90 Å². The van der Waals surface area contributed by atoms with Crippen molar-refractivity contribution in [2.45, 2.75) is 13.3 Å². The van der Waals surface area contributed by atoms with E-state index in [1.165, 1.54) is 23.3 Å². The summed E-state index contributed by atoms with van der Waals surface area (Å²) in [5, 5.41) is 5.46. The molecule has 0 saturated carbocycles. The van der Waals surface area contributed by atoms with E-state index in [2.05, 4.69) is 12.2 Å². The molecular formula is C23H19ClN2O3S. The number of aryl methyl sites for hydroxylation is 1. The van der Waals surface area contributed by atoms with Gasteiger partial charge in [0.25, 0.3) is 11.8 Å². The minimum atomic E-state index is -0.422. The minimum absolute atomic E-state index is 0.197. The molecule has 2 aromatic carbocycles. The summed E-state index contributed by atoms with van der Waals surface area (Å²) < 4.78 is 5.38. The Balaban J connectivity index is 1.79. The molecule has 1 N–H and O–H groups in total. The SMILES string of the molecule is CCc1ccc(N2C(=O)C(Nc3cc(Cl)ccc3OC)=C(c3cccs3)C2=O)cc1. The first-order valence-electron chi connectivity index (χ1n) is 9.40. The highest BCUT2D eigenvalue weighted by atomic mass is 35.5. The van der Waals surface area contributed by atoms with Crippen LogP contribution in [-0.2, 0) is 16.0 Å². The van der Waals surface area contributed by atoms with Gasteiger partial charge in [-0.15, -0.1) is 11.3 Å². The molecular weight excluding hydrogens is 420 g/mol. The van der Waals surface area contributed by atoms with Gasteiger partial charge in [-0.3, -0.25) is 9.59 Å². The fourth-order valence-corrected chi connectivity index (χ4v) is 4.26. The molecule has 0 bridgehead atoms. The summed E-state index contributed by atoms with van der Waals surface area (Å²) in [6, 6.07) is 16.2. The summed E-state index contributed by atoms with van der Waals surface area (Å²) in [5.41, 5.74) is 2.70. The van der Waals surface area contributed by atoms with Gasteiger partial charge in [0.2, 0.25) is 0 Å². The maximum atomic E-state index is 13.4. The van der Waals surface area contributed by atoms with E-state index in [-0.39, 0.29) is 11.6 Å². The molecule has 0 fully saturated rings. The van der Waals surface area contributed by atoms with Crippen LogP contribution in [-0.4, -0.2) is 18.9 Å². The Hall–Kier alpha value is -3.09. The normalized spacial score (nSPS) is 13.9. The number of anilines is 2. The van der Waals surface area contributed by atoms with Crippen LogP contribution in [0.15, 0.2) is 65.7 Å². The lowest BCUT2D eigenvalue weighted by Gasteiger charge is -2.16. The van der Waals surface area contributed by atoms with E-state index >= 15 is 0 Å². The highest BCUT2D eigenvalue weighted by molar-refractivity contribution is 7.11. The Labute approximate surface area is 183 Å². The van der Waals surface area contributed by atoms with Crippen LogP contribution in [0.4, 0.5) is 11.4 Å². The zero-order valence-corrected chi connectivity index (χ0v) is 18.0. The van der Waals surface area contributed by atoms with Gasteiger partial charge in [0.1, 0.15) is 11.4 Å². The number of halogens is 1. The first kappa shape index (κ1) is 20.2. The van der Waals surface area contributed by atoms with Crippen LogP contribution < -0.4 is 15.0 Å². The lowest BCUT2D eigenvalue weighted by atomic mass is 10.1. The molecule has 0 saturated heterocycles. The van der Waals surface area contributed by atoms with Crippen LogP contribution in [0.25, 0.3) is 5.57 Å². The number of rotatable bonds is 6. The van der Waals surface area contributed by atoms with E-state index < -0.39 is 5.91 Å². The van der Waals surface area contributed by atoms with Gasteiger partial charge < -0.3 is 10.1 Å². The van der Waals surface area contributed by atoms with Crippen LogP contribution >= 0.6 is 22.9 Å². The number of hydrogen-bond acceptors (Lipinski definition) is 5. The van der Waals surface area contributed by atoms with E-state index in [9.17, 15) is 9.59 Å². The third-order valence-corrected chi connectivity index (χ3v) is 6.00. The summed E-state index contributed by atoms with van der Waals surface area (Å²) in [6.07, 6.45) is 0.877. The number of hydrogen-bond donors (Lipinski definition) is 1. The molecule has 1 aliphatic rings. The molecule has 152 valence electrons. The second-order valence-corrected chi connectivity index (χ2v) is 8.05. The summed E-state index contributed by atoms with van der Waals surface area (Å²) >= 11 is 7.54. The zero-order valence-electron chi connectivity index (χ0n) is 16.4.